The lowest BCUT2D eigenvalue weighted by Crippen LogP contribution is -2.43. The van der Waals surface area contributed by atoms with Crippen LogP contribution in [0.25, 0.3) is 0 Å². The number of H-pyrrole nitrogens is 1. The number of fused-ring (bicyclic) bond motifs is 2. The lowest BCUT2D eigenvalue weighted by Gasteiger charge is -2.29. The third kappa shape index (κ3) is 3.66. The Morgan fingerprint density at radius 3 is 2.68 bits per heavy atom. The van der Waals surface area contributed by atoms with E-state index in [1.54, 1.807) is 0 Å². The molecule has 3 atom stereocenters. The molecule has 4 rings (SSSR count). The van der Waals surface area contributed by atoms with E-state index in [0.29, 0.717) is 37.1 Å². The molecule has 1 saturated carbocycles. The molecule has 8 heteroatoms. The lowest BCUT2D eigenvalue weighted by atomic mass is 10.00. The fraction of sp³-hybridized carbons (Fsp3) is 0.700. The van der Waals surface area contributed by atoms with E-state index in [0.717, 1.165) is 32.4 Å². The number of nitrogens with two attached hydrogens (primary N) is 1. The maximum Gasteiger partial charge on any atom is 0.270 e. The van der Waals surface area contributed by atoms with Gasteiger partial charge in [0.2, 0.25) is 5.91 Å². The number of aromatic nitrogens is 1. The summed E-state index contributed by atoms with van der Waals surface area (Å²) in [5.41, 5.74) is 5.95. The molecule has 2 bridgehead atoms. The van der Waals surface area contributed by atoms with Crippen molar-refractivity contribution in [3.63, 3.8) is 0 Å². The Kier molecular flexibility index (Phi) is 5.16. The summed E-state index contributed by atoms with van der Waals surface area (Å²) >= 11 is 0. The lowest BCUT2D eigenvalue weighted by molar-refractivity contribution is -0.0419. The van der Waals surface area contributed by atoms with Crippen LogP contribution in [0.1, 0.15) is 65.8 Å². The molecule has 3 N–H and O–H groups in total. The number of primary amides is 1. The first-order valence-electron chi connectivity index (χ1n) is 10.3. The summed E-state index contributed by atoms with van der Waals surface area (Å²) in [6.07, 6.45) is 5.99. The Balaban J connectivity index is 1.40. The maximum absolute atomic E-state index is 13.9. The largest absolute Gasteiger partial charge is 0.366 e. The van der Waals surface area contributed by atoms with Gasteiger partial charge in [0.1, 0.15) is 5.69 Å². The minimum atomic E-state index is -2.52. The number of rotatable bonds is 5. The molecule has 3 unspecified atom stereocenters. The smallest absolute Gasteiger partial charge is 0.270 e. The zero-order valence-corrected chi connectivity index (χ0v) is 16.0. The highest BCUT2D eigenvalue weighted by atomic mass is 19.3. The van der Waals surface area contributed by atoms with Gasteiger partial charge in [-0.15, -0.1) is 0 Å². The summed E-state index contributed by atoms with van der Waals surface area (Å²) in [6.45, 7) is 2.23. The number of likely N-dealkylation sites (tertiary alicyclic amines) is 1. The number of nitrogens with one attached hydrogen (secondary N) is 1. The Bertz CT molecular complexity index is 750. The average molecular weight is 394 g/mol. The third-order valence-electron chi connectivity index (χ3n) is 6.75. The van der Waals surface area contributed by atoms with Crippen molar-refractivity contribution in [2.75, 3.05) is 19.6 Å². The average Bonchev–Trinajstić information content (AvgIpc) is 3.31. The van der Waals surface area contributed by atoms with Gasteiger partial charge in [-0.3, -0.25) is 9.59 Å². The third-order valence-corrected chi connectivity index (χ3v) is 6.75. The molecule has 1 aromatic heterocycles. The van der Waals surface area contributed by atoms with E-state index in [-0.39, 0.29) is 24.4 Å². The highest BCUT2D eigenvalue weighted by Gasteiger charge is 2.44. The van der Waals surface area contributed by atoms with Gasteiger partial charge < -0.3 is 20.5 Å². The summed E-state index contributed by atoms with van der Waals surface area (Å²) in [6, 6.07) is 1.76. The molecule has 0 radical (unpaired) electrons. The van der Waals surface area contributed by atoms with Crippen molar-refractivity contribution in [2.24, 2.45) is 11.7 Å². The van der Waals surface area contributed by atoms with Crippen molar-refractivity contribution in [1.82, 2.24) is 14.8 Å². The van der Waals surface area contributed by atoms with E-state index >= 15 is 0 Å². The second-order valence-electron chi connectivity index (χ2n) is 8.49. The minimum Gasteiger partial charge on any atom is -0.366 e. The predicted octanol–water partition coefficient (Wildman–Crippen LogP) is 2.62. The number of alkyl halides is 2. The number of halogens is 2. The quantitative estimate of drug-likeness (QED) is 0.805. The SMILES string of the molecule is NC(=O)c1c[nH]c(C(=O)N2C3CCC2CN(CCC2CCCC2(F)F)CC3)c1. The number of aromatic amines is 1. The van der Waals surface area contributed by atoms with Crippen molar-refractivity contribution in [3.8, 4) is 0 Å². The van der Waals surface area contributed by atoms with Crippen molar-refractivity contribution >= 4 is 11.8 Å². The Morgan fingerprint density at radius 1 is 1.21 bits per heavy atom. The van der Waals surface area contributed by atoms with Gasteiger partial charge in [0.15, 0.2) is 0 Å². The molecule has 154 valence electrons. The first kappa shape index (κ1) is 19.4. The molecule has 6 nitrogen and oxygen atoms in total. The van der Waals surface area contributed by atoms with E-state index in [1.807, 2.05) is 4.90 Å². The number of hydrogen-bond donors (Lipinski definition) is 2. The van der Waals surface area contributed by atoms with Gasteiger partial charge in [0.05, 0.1) is 5.56 Å². The Morgan fingerprint density at radius 2 is 2.00 bits per heavy atom. The summed E-state index contributed by atoms with van der Waals surface area (Å²) in [5, 5.41) is 0. The molecule has 2 saturated heterocycles. The summed E-state index contributed by atoms with van der Waals surface area (Å²) in [4.78, 5) is 31.4. The molecule has 1 aliphatic carbocycles. The van der Waals surface area contributed by atoms with Crippen molar-refractivity contribution in [1.29, 1.82) is 0 Å². The number of nitrogens with zero attached hydrogens (tertiary/aromatic N) is 2. The molecule has 28 heavy (non-hydrogen) atoms. The van der Waals surface area contributed by atoms with E-state index < -0.39 is 17.7 Å². The molecule has 2 amide bonds. The second-order valence-corrected chi connectivity index (χ2v) is 8.49. The van der Waals surface area contributed by atoms with Crippen molar-refractivity contribution in [2.45, 2.75) is 63.0 Å². The summed E-state index contributed by atoms with van der Waals surface area (Å²) in [7, 11) is 0. The molecule has 3 heterocycles. The molecule has 1 aromatic rings. The first-order chi connectivity index (χ1) is 13.3. The van der Waals surface area contributed by atoms with E-state index in [1.165, 1.54) is 12.3 Å². The van der Waals surface area contributed by atoms with Crippen LogP contribution in [0, 0.1) is 5.92 Å². The fourth-order valence-electron chi connectivity index (χ4n) is 5.17. The standard InChI is InChI=1S/C20H28F2N4O2/c21-20(22)7-1-2-14(20)5-8-25-9-6-15-3-4-16(12-25)26(15)19(28)17-10-13(11-24-17)18(23)27/h10-11,14-16,24H,1-9,12H2,(H2,23,27). The molecule has 2 aliphatic heterocycles. The molecule has 0 aromatic carbocycles. The zero-order valence-electron chi connectivity index (χ0n) is 16.0. The van der Waals surface area contributed by atoms with Crippen molar-refractivity contribution < 1.29 is 18.4 Å². The fourth-order valence-corrected chi connectivity index (χ4v) is 5.17. The van der Waals surface area contributed by atoms with Crippen LogP contribution in [0.5, 0.6) is 0 Å². The number of carbonyl (C=O) groups excluding carboxylic acids is 2. The zero-order chi connectivity index (χ0) is 19.9. The van der Waals surface area contributed by atoms with E-state index in [4.69, 9.17) is 5.73 Å². The predicted molar refractivity (Wildman–Crippen MR) is 100 cm³/mol. The molecule has 0 spiro atoms. The Hall–Kier alpha value is -1.96. The summed E-state index contributed by atoms with van der Waals surface area (Å²) < 4.78 is 27.8. The van der Waals surface area contributed by atoms with Gasteiger partial charge in [0, 0.05) is 43.7 Å². The van der Waals surface area contributed by atoms with Gasteiger partial charge in [-0.1, -0.05) is 0 Å². The minimum absolute atomic E-state index is 0.0219. The first-order valence-corrected chi connectivity index (χ1v) is 10.3. The monoisotopic (exact) mass is 394 g/mol. The number of amides is 2. The number of hydrogen-bond acceptors (Lipinski definition) is 3. The maximum atomic E-state index is 13.9. The van der Waals surface area contributed by atoms with Crippen LogP contribution in [0.3, 0.4) is 0 Å². The van der Waals surface area contributed by atoms with Crippen LogP contribution in [0.15, 0.2) is 12.3 Å². The highest BCUT2D eigenvalue weighted by molar-refractivity contribution is 5.98. The topological polar surface area (TPSA) is 82.4 Å². The van der Waals surface area contributed by atoms with Gasteiger partial charge in [0.25, 0.3) is 11.8 Å². The van der Waals surface area contributed by atoms with Crippen LogP contribution in [0.4, 0.5) is 8.78 Å². The van der Waals surface area contributed by atoms with Crippen molar-refractivity contribution in [3.05, 3.63) is 23.5 Å². The van der Waals surface area contributed by atoms with Gasteiger partial charge in [-0.25, -0.2) is 8.78 Å². The normalized spacial score (nSPS) is 29.8. The van der Waals surface area contributed by atoms with Crippen LogP contribution >= 0.6 is 0 Å². The second kappa shape index (κ2) is 7.46. The van der Waals surface area contributed by atoms with E-state index in [2.05, 4.69) is 9.88 Å². The van der Waals surface area contributed by atoms with Crippen LogP contribution in [-0.2, 0) is 0 Å². The highest BCUT2D eigenvalue weighted by Crippen LogP contribution is 2.42. The van der Waals surface area contributed by atoms with Gasteiger partial charge in [-0.05, 0) is 51.1 Å². The van der Waals surface area contributed by atoms with Crippen LogP contribution in [-0.4, -0.2) is 64.2 Å². The Labute approximate surface area is 163 Å². The van der Waals surface area contributed by atoms with Crippen LogP contribution in [0.2, 0.25) is 0 Å². The van der Waals surface area contributed by atoms with E-state index in [9.17, 15) is 18.4 Å². The molecular formula is C20H28F2N4O2. The van der Waals surface area contributed by atoms with Gasteiger partial charge >= 0.3 is 0 Å². The summed E-state index contributed by atoms with van der Waals surface area (Å²) in [5.74, 6) is -3.69. The number of carbonyl (C=O) groups is 2. The molecule has 3 aliphatic rings. The molecule has 3 fully saturated rings. The van der Waals surface area contributed by atoms with Gasteiger partial charge in [-0.2, -0.15) is 0 Å². The van der Waals surface area contributed by atoms with Crippen LogP contribution < -0.4 is 5.73 Å². The molecular weight excluding hydrogens is 366 g/mol.